The SMILES string of the molecule is Clc1ccc2c(c1)C(NCCc1ccccc1)CCO2. The molecule has 2 aromatic rings. The van der Waals surface area contributed by atoms with Gasteiger partial charge in [0.2, 0.25) is 0 Å². The Hall–Kier alpha value is -1.51. The van der Waals surface area contributed by atoms with Crippen molar-refractivity contribution in [1.82, 2.24) is 5.32 Å². The van der Waals surface area contributed by atoms with Gasteiger partial charge in [0.1, 0.15) is 5.75 Å². The summed E-state index contributed by atoms with van der Waals surface area (Å²) in [5.74, 6) is 0.956. The molecule has 0 amide bonds. The zero-order valence-corrected chi connectivity index (χ0v) is 12.1. The normalized spacial score (nSPS) is 17.4. The monoisotopic (exact) mass is 287 g/mol. The van der Waals surface area contributed by atoms with E-state index in [1.54, 1.807) is 0 Å². The average molecular weight is 288 g/mol. The number of benzene rings is 2. The van der Waals surface area contributed by atoms with Crippen molar-refractivity contribution in [3.8, 4) is 5.75 Å². The van der Waals surface area contributed by atoms with E-state index in [9.17, 15) is 0 Å². The van der Waals surface area contributed by atoms with Gasteiger partial charge in [0, 0.05) is 23.0 Å². The maximum atomic E-state index is 6.09. The van der Waals surface area contributed by atoms with E-state index in [4.69, 9.17) is 16.3 Å². The van der Waals surface area contributed by atoms with E-state index in [0.29, 0.717) is 6.04 Å². The molecule has 0 aliphatic carbocycles. The smallest absolute Gasteiger partial charge is 0.124 e. The van der Waals surface area contributed by atoms with Crippen molar-refractivity contribution in [2.45, 2.75) is 18.9 Å². The molecule has 2 nitrogen and oxygen atoms in total. The van der Waals surface area contributed by atoms with Gasteiger partial charge in [-0.25, -0.2) is 0 Å². The Morgan fingerprint density at radius 1 is 1.15 bits per heavy atom. The molecule has 1 N–H and O–H groups in total. The molecule has 1 aliphatic rings. The highest BCUT2D eigenvalue weighted by Gasteiger charge is 2.20. The van der Waals surface area contributed by atoms with Crippen LogP contribution in [0.15, 0.2) is 48.5 Å². The first-order chi connectivity index (χ1) is 9.83. The van der Waals surface area contributed by atoms with Crippen molar-refractivity contribution in [3.05, 3.63) is 64.7 Å². The zero-order valence-electron chi connectivity index (χ0n) is 11.3. The van der Waals surface area contributed by atoms with Crippen LogP contribution in [-0.2, 0) is 6.42 Å². The van der Waals surface area contributed by atoms with E-state index in [0.717, 1.165) is 36.8 Å². The molecule has 1 atom stereocenters. The van der Waals surface area contributed by atoms with Crippen molar-refractivity contribution in [2.24, 2.45) is 0 Å². The Balaban J connectivity index is 1.63. The first kappa shape index (κ1) is 13.5. The molecule has 0 bridgehead atoms. The molecule has 3 heteroatoms. The Morgan fingerprint density at radius 2 is 2.00 bits per heavy atom. The number of nitrogens with one attached hydrogen (secondary N) is 1. The highest BCUT2D eigenvalue weighted by molar-refractivity contribution is 6.30. The van der Waals surface area contributed by atoms with Crippen LogP contribution in [0, 0.1) is 0 Å². The van der Waals surface area contributed by atoms with Crippen LogP contribution in [0.3, 0.4) is 0 Å². The highest BCUT2D eigenvalue weighted by Crippen LogP contribution is 2.33. The average Bonchev–Trinajstić information content (AvgIpc) is 2.49. The topological polar surface area (TPSA) is 21.3 Å². The third-order valence-electron chi connectivity index (χ3n) is 3.66. The predicted octanol–water partition coefficient (Wildman–Crippen LogP) is 4.00. The van der Waals surface area contributed by atoms with Crippen LogP contribution in [0.1, 0.15) is 23.6 Å². The summed E-state index contributed by atoms with van der Waals surface area (Å²) >= 11 is 6.09. The minimum atomic E-state index is 0.334. The summed E-state index contributed by atoms with van der Waals surface area (Å²) in [6, 6.07) is 16.7. The second kappa shape index (κ2) is 6.29. The third-order valence-corrected chi connectivity index (χ3v) is 3.89. The summed E-state index contributed by atoms with van der Waals surface area (Å²) in [5, 5.41) is 4.38. The molecule has 0 saturated heterocycles. The first-order valence-electron chi connectivity index (χ1n) is 7.02. The van der Waals surface area contributed by atoms with Gasteiger partial charge in [-0.15, -0.1) is 0 Å². The summed E-state index contributed by atoms with van der Waals surface area (Å²) in [6.07, 6.45) is 2.02. The molecule has 1 unspecified atom stereocenters. The summed E-state index contributed by atoms with van der Waals surface area (Å²) in [4.78, 5) is 0. The second-order valence-corrected chi connectivity index (χ2v) is 5.50. The van der Waals surface area contributed by atoms with E-state index in [2.05, 4.69) is 29.6 Å². The molecule has 0 spiro atoms. The van der Waals surface area contributed by atoms with Gasteiger partial charge in [-0.1, -0.05) is 41.9 Å². The van der Waals surface area contributed by atoms with Gasteiger partial charge in [0.15, 0.2) is 0 Å². The maximum Gasteiger partial charge on any atom is 0.124 e. The van der Waals surface area contributed by atoms with Crippen molar-refractivity contribution in [3.63, 3.8) is 0 Å². The van der Waals surface area contributed by atoms with Gasteiger partial charge in [-0.05, 0) is 36.7 Å². The van der Waals surface area contributed by atoms with Gasteiger partial charge < -0.3 is 10.1 Å². The fraction of sp³-hybridized carbons (Fsp3) is 0.294. The van der Waals surface area contributed by atoms with Crippen LogP contribution in [0.2, 0.25) is 5.02 Å². The van der Waals surface area contributed by atoms with Gasteiger partial charge in [0.25, 0.3) is 0 Å². The van der Waals surface area contributed by atoms with E-state index < -0.39 is 0 Å². The molecular formula is C17H18ClNO. The molecule has 0 fully saturated rings. The van der Waals surface area contributed by atoms with Crippen molar-refractivity contribution in [2.75, 3.05) is 13.2 Å². The number of hydrogen-bond donors (Lipinski definition) is 1. The standard InChI is InChI=1S/C17H18ClNO/c18-14-6-7-17-15(12-14)16(9-11-20-17)19-10-8-13-4-2-1-3-5-13/h1-7,12,16,19H,8-11H2. The number of hydrogen-bond acceptors (Lipinski definition) is 2. The lowest BCUT2D eigenvalue weighted by atomic mass is 10.0. The Bertz CT molecular complexity index is 570. The second-order valence-electron chi connectivity index (χ2n) is 5.06. The predicted molar refractivity (Wildman–Crippen MR) is 82.5 cm³/mol. The van der Waals surface area contributed by atoms with Gasteiger partial charge in [-0.3, -0.25) is 0 Å². The molecule has 1 heterocycles. The summed E-state index contributed by atoms with van der Waals surface area (Å²) in [6.45, 7) is 1.72. The largest absolute Gasteiger partial charge is 0.493 e. The lowest BCUT2D eigenvalue weighted by molar-refractivity contribution is 0.253. The van der Waals surface area contributed by atoms with E-state index in [-0.39, 0.29) is 0 Å². The lowest BCUT2D eigenvalue weighted by Gasteiger charge is -2.27. The lowest BCUT2D eigenvalue weighted by Crippen LogP contribution is -2.28. The van der Waals surface area contributed by atoms with Gasteiger partial charge in [0.05, 0.1) is 6.61 Å². The molecule has 1 aliphatic heterocycles. The summed E-state index contributed by atoms with van der Waals surface area (Å²) < 4.78 is 5.67. The Kier molecular flexibility index (Phi) is 4.24. The van der Waals surface area contributed by atoms with Crippen LogP contribution < -0.4 is 10.1 Å². The molecule has 0 saturated carbocycles. The molecule has 0 aromatic heterocycles. The highest BCUT2D eigenvalue weighted by atomic mass is 35.5. The van der Waals surface area contributed by atoms with E-state index >= 15 is 0 Å². The Morgan fingerprint density at radius 3 is 2.85 bits per heavy atom. The molecule has 0 radical (unpaired) electrons. The van der Waals surface area contributed by atoms with Crippen LogP contribution in [0.5, 0.6) is 5.75 Å². The molecule has 2 aromatic carbocycles. The maximum absolute atomic E-state index is 6.09. The quantitative estimate of drug-likeness (QED) is 0.918. The Labute approximate surface area is 124 Å². The van der Waals surface area contributed by atoms with Crippen LogP contribution in [0.4, 0.5) is 0 Å². The van der Waals surface area contributed by atoms with Gasteiger partial charge in [-0.2, -0.15) is 0 Å². The fourth-order valence-corrected chi connectivity index (χ4v) is 2.79. The van der Waals surface area contributed by atoms with Gasteiger partial charge >= 0.3 is 0 Å². The van der Waals surface area contributed by atoms with Crippen molar-refractivity contribution < 1.29 is 4.74 Å². The third kappa shape index (κ3) is 3.14. The number of fused-ring (bicyclic) bond motifs is 1. The van der Waals surface area contributed by atoms with Crippen LogP contribution in [0.25, 0.3) is 0 Å². The fourth-order valence-electron chi connectivity index (χ4n) is 2.61. The van der Waals surface area contributed by atoms with Crippen molar-refractivity contribution >= 4 is 11.6 Å². The number of halogens is 1. The van der Waals surface area contributed by atoms with Crippen molar-refractivity contribution in [1.29, 1.82) is 0 Å². The molecule has 20 heavy (non-hydrogen) atoms. The minimum Gasteiger partial charge on any atom is -0.493 e. The van der Waals surface area contributed by atoms with E-state index in [1.807, 2.05) is 24.3 Å². The zero-order chi connectivity index (χ0) is 13.8. The molecular weight excluding hydrogens is 270 g/mol. The summed E-state index contributed by atoms with van der Waals surface area (Å²) in [5.41, 5.74) is 2.54. The molecule has 3 rings (SSSR count). The number of ether oxygens (including phenoxy) is 1. The minimum absolute atomic E-state index is 0.334. The number of rotatable bonds is 4. The van der Waals surface area contributed by atoms with Crippen LogP contribution >= 0.6 is 11.6 Å². The first-order valence-corrected chi connectivity index (χ1v) is 7.40. The van der Waals surface area contributed by atoms with Crippen LogP contribution in [-0.4, -0.2) is 13.2 Å². The molecule has 104 valence electrons. The van der Waals surface area contributed by atoms with E-state index in [1.165, 1.54) is 11.1 Å². The summed E-state index contributed by atoms with van der Waals surface area (Å²) in [7, 11) is 0.